The van der Waals surface area contributed by atoms with E-state index in [-0.39, 0.29) is 48.1 Å². The van der Waals surface area contributed by atoms with Crippen LogP contribution in [0.15, 0.2) is 35.2 Å². The predicted molar refractivity (Wildman–Crippen MR) is 111 cm³/mol. The fourth-order valence-corrected chi connectivity index (χ4v) is 5.10. The molecule has 8 nitrogen and oxygen atoms in total. The van der Waals surface area contributed by atoms with E-state index in [1.807, 2.05) is 0 Å². The highest BCUT2D eigenvalue weighted by Crippen LogP contribution is 2.30. The van der Waals surface area contributed by atoms with Gasteiger partial charge in [0.1, 0.15) is 23.1 Å². The Hall–Kier alpha value is -2.24. The molecule has 1 N–H and O–H groups in total. The van der Waals surface area contributed by atoms with Crippen molar-refractivity contribution in [2.24, 2.45) is 0 Å². The number of fused-ring (bicyclic) bond motifs is 1. The third-order valence-electron chi connectivity index (χ3n) is 5.09. The molecular formula is C21H21ClFNO7S. The van der Waals surface area contributed by atoms with Gasteiger partial charge in [-0.2, -0.15) is 0 Å². The maximum absolute atomic E-state index is 13.9. The molecule has 0 amide bonds. The number of halogens is 2. The average Bonchev–Trinajstić information content (AvgIpc) is 3.30. The molecule has 0 spiro atoms. The summed E-state index contributed by atoms with van der Waals surface area (Å²) < 4.78 is 62.9. The van der Waals surface area contributed by atoms with Crippen molar-refractivity contribution in [1.82, 2.24) is 4.72 Å². The Bertz CT molecular complexity index is 1120. The zero-order valence-electron chi connectivity index (χ0n) is 16.9. The Morgan fingerprint density at radius 2 is 2.12 bits per heavy atom. The summed E-state index contributed by atoms with van der Waals surface area (Å²) in [6.45, 7) is 0.645. The Morgan fingerprint density at radius 3 is 2.91 bits per heavy atom. The van der Waals surface area contributed by atoms with E-state index in [1.165, 1.54) is 24.3 Å². The van der Waals surface area contributed by atoms with Crippen molar-refractivity contribution in [3.05, 3.63) is 57.9 Å². The third-order valence-corrected chi connectivity index (χ3v) is 7.00. The number of sulfonamides is 1. The van der Waals surface area contributed by atoms with Crippen LogP contribution in [0, 0.1) is 5.82 Å². The quantitative estimate of drug-likeness (QED) is 0.601. The molecule has 11 heteroatoms. The van der Waals surface area contributed by atoms with Crippen LogP contribution >= 0.6 is 11.6 Å². The molecule has 0 aliphatic carbocycles. The van der Waals surface area contributed by atoms with Crippen molar-refractivity contribution in [2.75, 3.05) is 19.9 Å². The molecule has 1 saturated heterocycles. The lowest BCUT2D eigenvalue weighted by Gasteiger charge is -2.20. The van der Waals surface area contributed by atoms with E-state index in [1.54, 1.807) is 0 Å². The highest BCUT2D eigenvalue weighted by molar-refractivity contribution is 7.89. The van der Waals surface area contributed by atoms with Crippen LogP contribution in [0.3, 0.4) is 0 Å². The average molecular weight is 486 g/mol. The maximum Gasteiger partial charge on any atom is 0.338 e. The Balaban J connectivity index is 1.47. The second-order valence-corrected chi connectivity index (χ2v) is 9.51. The van der Waals surface area contributed by atoms with Crippen LogP contribution in [0.4, 0.5) is 4.39 Å². The van der Waals surface area contributed by atoms with Gasteiger partial charge in [0.05, 0.1) is 23.3 Å². The molecule has 2 aromatic rings. The second-order valence-electron chi connectivity index (χ2n) is 7.37. The summed E-state index contributed by atoms with van der Waals surface area (Å²) in [4.78, 5) is 12.3. The fraction of sp³-hybridized carbons (Fsp3) is 0.381. The van der Waals surface area contributed by atoms with E-state index in [0.717, 1.165) is 18.9 Å². The van der Waals surface area contributed by atoms with Crippen molar-refractivity contribution in [1.29, 1.82) is 0 Å². The van der Waals surface area contributed by atoms with Gasteiger partial charge in [0.2, 0.25) is 10.0 Å². The van der Waals surface area contributed by atoms with Crippen LogP contribution in [0.2, 0.25) is 5.02 Å². The third kappa shape index (κ3) is 5.21. The summed E-state index contributed by atoms with van der Waals surface area (Å²) in [5.41, 5.74) is 0.845. The van der Waals surface area contributed by atoms with Crippen LogP contribution in [0.25, 0.3) is 0 Å². The first kappa shape index (κ1) is 22.9. The van der Waals surface area contributed by atoms with Crippen LogP contribution in [-0.4, -0.2) is 40.4 Å². The van der Waals surface area contributed by atoms with Gasteiger partial charge in [0, 0.05) is 24.3 Å². The van der Waals surface area contributed by atoms with Gasteiger partial charge in [0.25, 0.3) is 0 Å². The molecule has 0 radical (unpaired) electrons. The van der Waals surface area contributed by atoms with Crippen molar-refractivity contribution >= 4 is 27.6 Å². The predicted octanol–water partition coefficient (Wildman–Crippen LogP) is 3.16. The number of ether oxygens (including phenoxy) is 4. The van der Waals surface area contributed by atoms with Gasteiger partial charge >= 0.3 is 5.97 Å². The Labute approximate surface area is 189 Å². The smallest absolute Gasteiger partial charge is 0.338 e. The van der Waals surface area contributed by atoms with Crippen molar-refractivity contribution in [3.63, 3.8) is 0 Å². The van der Waals surface area contributed by atoms with Gasteiger partial charge in [-0.1, -0.05) is 11.6 Å². The van der Waals surface area contributed by atoms with Crippen LogP contribution < -0.4 is 9.46 Å². The fourth-order valence-electron chi connectivity index (χ4n) is 3.51. The summed E-state index contributed by atoms with van der Waals surface area (Å²) >= 11 is 6.08. The number of carbonyl (C=O) groups is 1. The number of hydrogen-bond acceptors (Lipinski definition) is 7. The molecule has 0 saturated carbocycles. The first-order valence-corrected chi connectivity index (χ1v) is 11.8. The van der Waals surface area contributed by atoms with E-state index >= 15 is 0 Å². The molecule has 32 heavy (non-hydrogen) atoms. The number of nitrogens with one attached hydrogen (secondary N) is 1. The van der Waals surface area contributed by atoms with Gasteiger partial charge in [-0.05, 0) is 43.2 Å². The van der Waals surface area contributed by atoms with Crippen molar-refractivity contribution < 1.29 is 36.6 Å². The van der Waals surface area contributed by atoms with Crippen molar-refractivity contribution in [3.8, 4) is 5.75 Å². The monoisotopic (exact) mass is 485 g/mol. The second kappa shape index (κ2) is 9.72. The topological polar surface area (TPSA) is 100 Å². The number of benzene rings is 2. The molecule has 172 valence electrons. The maximum atomic E-state index is 13.9. The van der Waals surface area contributed by atoms with Gasteiger partial charge in [0.15, 0.2) is 6.79 Å². The van der Waals surface area contributed by atoms with E-state index in [2.05, 4.69) is 4.72 Å². The summed E-state index contributed by atoms with van der Waals surface area (Å²) in [5.74, 6) is -0.897. The normalized spacial score (nSPS) is 18.1. The summed E-state index contributed by atoms with van der Waals surface area (Å²) in [6.07, 6.45) is 1.45. The lowest BCUT2D eigenvalue weighted by atomic mass is 10.1. The molecule has 2 aliphatic heterocycles. The number of esters is 1. The molecule has 1 fully saturated rings. The van der Waals surface area contributed by atoms with E-state index in [4.69, 9.17) is 30.5 Å². The first-order chi connectivity index (χ1) is 15.3. The number of carbonyl (C=O) groups excluding carboxylic acids is 1. The van der Waals surface area contributed by atoms with E-state index in [9.17, 15) is 17.6 Å². The van der Waals surface area contributed by atoms with Crippen LogP contribution in [0.1, 0.15) is 34.3 Å². The number of hydrogen-bond donors (Lipinski definition) is 1. The summed E-state index contributed by atoms with van der Waals surface area (Å²) in [5, 5.41) is -0.0333. The molecule has 1 unspecified atom stereocenters. The van der Waals surface area contributed by atoms with Gasteiger partial charge in [-0.15, -0.1) is 0 Å². The minimum absolute atomic E-state index is 0.0108. The molecule has 4 rings (SSSR count). The van der Waals surface area contributed by atoms with E-state index in [0.29, 0.717) is 23.5 Å². The molecule has 2 aromatic carbocycles. The van der Waals surface area contributed by atoms with Crippen LogP contribution in [0.5, 0.6) is 5.75 Å². The Kier molecular flexibility index (Phi) is 6.96. The highest BCUT2D eigenvalue weighted by atomic mass is 35.5. The summed E-state index contributed by atoms with van der Waals surface area (Å²) in [7, 11) is -3.97. The molecule has 0 bridgehead atoms. The van der Waals surface area contributed by atoms with Gasteiger partial charge < -0.3 is 18.9 Å². The minimum atomic E-state index is -3.97. The SMILES string of the molecule is O=C(OCc1cc(F)cc2c1OCOC2)c1ccc(Cl)c(S(=O)(=O)NCC2CCCO2)c1. The zero-order valence-corrected chi connectivity index (χ0v) is 18.5. The van der Waals surface area contributed by atoms with Gasteiger partial charge in [-0.25, -0.2) is 22.3 Å². The number of rotatable bonds is 7. The zero-order chi connectivity index (χ0) is 22.7. The molecule has 1 atom stereocenters. The lowest BCUT2D eigenvalue weighted by molar-refractivity contribution is -0.0183. The largest absolute Gasteiger partial charge is 0.467 e. The van der Waals surface area contributed by atoms with E-state index < -0.39 is 21.8 Å². The molecular weight excluding hydrogens is 465 g/mol. The summed E-state index contributed by atoms with van der Waals surface area (Å²) in [6, 6.07) is 6.32. The molecule has 2 heterocycles. The lowest BCUT2D eigenvalue weighted by Crippen LogP contribution is -2.32. The standard InChI is InChI=1S/C21H21ClFNO7S/c22-18-4-3-13(8-19(18)32(26,27)24-9-17-2-1-5-29-17)21(25)30-11-15-7-16(23)6-14-10-28-12-31-20(14)15/h3-4,6-8,17,24H,1-2,5,9-12H2. The van der Waals surface area contributed by atoms with Gasteiger partial charge in [-0.3, -0.25) is 0 Å². The first-order valence-electron chi connectivity index (χ1n) is 9.93. The van der Waals surface area contributed by atoms with Crippen molar-refractivity contribution in [2.45, 2.75) is 37.1 Å². The Morgan fingerprint density at radius 1 is 1.28 bits per heavy atom. The highest BCUT2D eigenvalue weighted by Gasteiger charge is 2.24. The minimum Gasteiger partial charge on any atom is -0.467 e. The van der Waals surface area contributed by atoms with Crippen LogP contribution in [-0.2, 0) is 37.4 Å². The molecule has 0 aromatic heterocycles. The molecule has 2 aliphatic rings.